The van der Waals surface area contributed by atoms with Crippen LogP contribution in [0.15, 0.2) is 0 Å². The molecule has 12 heavy (non-hydrogen) atoms. The Labute approximate surface area is 74.5 Å². The Morgan fingerprint density at radius 3 is 2.42 bits per heavy atom. The molecule has 0 heterocycles. The summed E-state index contributed by atoms with van der Waals surface area (Å²) in [5.74, 6) is 3.16. The molecule has 1 saturated carbocycles. The van der Waals surface area contributed by atoms with Gasteiger partial charge >= 0.3 is 0 Å². The number of ketones is 1. The van der Waals surface area contributed by atoms with Crippen molar-refractivity contribution < 1.29 is 4.79 Å². The molecule has 1 aliphatic rings. The van der Waals surface area contributed by atoms with E-state index in [1.54, 1.807) is 6.92 Å². The molecule has 1 fully saturated rings. The summed E-state index contributed by atoms with van der Waals surface area (Å²) in [6.45, 7) is 1.61. The zero-order chi connectivity index (χ0) is 8.97. The maximum atomic E-state index is 11.1. The number of hydrogen-bond donors (Lipinski definition) is 0. The van der Waals surface area contributed by atoms with Crippen molar-refractivity contribution in [3.05, 3.63) is 0 Å². The predicted molar refractivity (Wildman–Crippen MR) is 49.6 cm³/mol. The van der Waals surface area contributed by atoms with Gasteiger partial charge in [-0.3, -0.25) is 4.79 Å². The van der Waals surface area contributed by atoms with Gasteiger partial charge < -0.3 is 0 Å². The quantitative estimate of drug-likeness (QED) is 0.573. The van der Waals surface area contributed by atoms with Crippen molar-refractivity contribution in [2.75, 3.05) is 0 Å². The van der Waals surface area contributed by atoms with E-state index in [1.807, 2.05) is 0 Å². The van der Waals surface area contributed by atoms with Gasteiger partial charge in [-0.05, 0) is 25.7 Å². The summed E-state index contributed by atoms with van der Waals surface area (Å²) in [4.78, 5) is 11.1. The lowest BCUT2D eigenvalue weighted by Crippen LogP contribution is -2.22. The van der Waals surface area contributed by atoms with E-state index in [9.17, 15) is 4.79 Å². The van der Waals surface area contributed by atoms with Crippen LogP contribution in [0.4, 0.5) is 0 Å². The number of Topliss-reactive ketones (excluding diaryl/α,β-unsaturated/α-hetero) is 1. The average molecular weight is 164 g/mol. The van der Waals surface area contributed by atoms with Crippen LogP contribution in [-0.4, -0.2) is 5.78 Å². The molecule has 0 N–H and O–H groups in total. The molecule has 0 radical (unpaired) electrons. The molecule has 0 aromatic carbocycles. The molecule has 0 saturated heterocycles. The highest BCUT2D eigenvalue weighted by atomic mass is 16.1. The highest BCUT2D eigenvalue weighted by molar-refractivity contribution is 5.81. The second-order valence-electron chi connectivity index (χ2n) is 3.65. The van der Waals surface area contributed by atoms with Gasteiger partial charge in [-0.25, -0.2) is 0 Å². The first kappa shape index (κ1) is 9.32. The van der Waals surface area contributed by atoms with Crippen LogP contribution in [0.3, 0.4) is 0 Å². The van der Waals surface area contributed by atoms with E-state index in [1.165, 1.54) is 19.3 Å². The minimum absolute atomic E-state index is 0.106. The van der Waals surface area contributed by atoms with E-state index in [-0.39, 0.29) is 11.7 Å². The zero-order valence-electron chi connectivity index (χ0n) is 7.68. The minimum atomic E-state index is -0.106. The lowest BCUT2D eigenvalue weighted by molar-refractivity contribution is -0.120. The van der Waals surface area contributed by atoms with Crippen molar-refractivity contribution in [3.63, 3.8) is 0 Å². The third-order valence-corrected chi connectivity index (χ3v) is 2.74. The Balaban J connectivity index is 2.53. The Hall–Kier alpha value is -0.770. The van der Waals surface area contributed by atoms with Crippen LogP contribution < -0.4 is 0 Å². The van der Waals surface area contributed by atoms with Gasteiger partial charge in [-0.15, -0.1) is 6.42 Å². The first-order valence-electron chi connectivity index (χ1n) is 4.72. The van der Waals surface area contributed by atoms with Crippen molar-refractivity contribution in [3.8, 4) is 12.3 Å². The van der Waals surface area contributed by atoms with Crippen LogP contribution in [-0.2, 0) is 4.79 Å². The molecule has 1 rings (SSSR count). The third-order valence-electron chi connectivity index (χ3n) is 2.74. The predicted octanol–water partition coefficient (Wildman–Crippen LogP) is 2.41. The molecular weight excluding hydrogens is 148 g/mol. The molecule has 0 amide bonds. The zero-order valence-corrected chi connectivity index (χ0v) is 7.68. The van der Waals surface area contributed by atoms with E-state index in [2.05, 4.69) is 5.92 Å². The van der Waals surface area contributed by atoms with Crippen LogP contribution in [0, 0.1) is 24.2 Å². The summed E-state index contributed by atoms with van der Waals surface area (Å²) < 4.78 is 0. The molecule has 0 aromatic heterocycles. The summed E-state index contributed by atoms with van der Waals surface area (Å²) in [7, 11) is 0. The summed E-state index contributed by atoms with van der Waals surface area (Å²) in [5.41, 5.74) is 0. The van der Waals surface area contributed by atoms with Crippen LogP contribution in [0.5, 0.6) is 0 Å². The molecule has 1 unspecified atom stereocenters. The molecule has 1 heteroatoms. The third kappa shape index (κ3) is 2.11. The molecule has 0 spiro atoms. The number of carbonyl (C=O) groups excluding carboxylic acids is 1. The van der Waals surface area contributed by atoms with Gasteiger partial charge in [0.05, 0.1) is 5.92 Å². The van der Waals surface area contributed by atoms with Crippen molar-refractivity contribution in [1.29, 1.82) is 0 Å². The summed E-state index contributed by atoms with van der Waals surface area (Å²) >= 11 is 0. The molecule has 1 nitrogen and oxygen atoms in total. The van der Waals surface area contributed by atoms with Crippen LogP contribution in [0.25, 0.3) is 0 Å². The van der Waals surface area contributed by atoms with Gasteiger partial charge in [-0.1, -0.05) is 25.2 Å². The Bertz CT molecular complexity index is 194. The lowest BCUT2D eigenvalue weighted by atomic mass is 9.79. The number of terminal acetylenes is 1. The van der Waals surface area contributed by atoms with E-state index in [0.29, 0.717) is 5.92 Å². The van der Waals surface area contributed by atoms with Gasteiger partial charge in [0.1, 0.15) is 5.78 Å². The fraction of sp³-hybridized carbons (Fsp3) is 0.727. The topological polar surface area (TPSA) is 17.1 Å². The summed E-state index contributed by atoms with van der Waals surface area (Å²) in [6, 6.07) is 0. The van der Waals surface area contributed by atoms with Crippen LogP contribution in [0.1, 0.15) is 39.0 Å². The van der Waals surface area contributed by atoms with Gasteiger partial charge in [-0.2, -0.15) is 0 Å². The lowest BCUT2D eigenvalue weighted by Gasteiger charge is -2.24. The van der Waals surface area contributed by atoms with E-state index < -0.39 is 0 Å². The van der Waals surface area contributed by atoms with E-state index in [0.717, 1.165) is 12.8 Å². The van der Waals surface area contributed by atoms with Gasteiger partial charge in [0.15, 0.2) is 0 Å². The SMILES string of the molecule is C#CC(C(C)=O)C1CCCCC1. The molecule has 0 aliphatic heterocycles. The number of rotatable bonds is 2. The first-order valence-corrected chi connectivity index (χ1v) is 4.72. The second-order valence-corrected chi connectivity index (χ2v) is 3.65. The highest BCUT2D eigenvalue weighted by Crippen LogP contribution is 2.29. The summed E-state index contributed by atoms with van der Waals surface area (Å²) in [6.07, 6.45) is 11.4. The Morgan fingerprint density at radius 2 is 2.00 bits per heavy atom. The van der Waals surface area contributed by atoms with Crippen molar-refractivity contribution in [2.45, 2.75) is 39.0 Å². The summed E-state index contributed by atoms with van der Waals surface area (Å²) in [5, 5.41) is 0. The molecule has 66 valence electrons. The molecule has 0 aromatic rings. The van der Waals surface area contributed by atoms with Crippen LogP contribution >= 0.6 is 0 Å². The smallest absolute Gasteiger partial charge is 0.145 e. The van der Waals surface area contributed by atoms with Gasteiger partial charge in [0.25, 0.3) is 0 Å². The number of carbonyl (C=O) groups is 1. The van der Waals surface area contributed by atoms with Crippen molar-refractivity contribution in [2.24, 2.45) is 11.8 Å². The standard InChI is InChI=1S/C11H16O/c1-3-11(9(2)12)10-7-5-4-6-8-10/h1,10-11H,4-8H2,2H3. The van der Waals surface area contributed by atoms with Crippen molar-refractivity contribution >= 4 is 5.78 Å². The Kier molecular flexibility index (Phi) is 3.34. The molecule has 1 aliphatic carbocycles. The number of hydrogen-bond acceptors (Lipinski definition) is 1. The molecule has 1 atom stereocenters. The monoisotopic (exact) mass is 164 g/mol. The average Bonchev–Trinajstić information content (AvgIpc) is 2.07. The Morgan fingerprint density at radius 1 is 1.42 bits per heavy atom. The molecule has 0 bridgehead atoms. The van der Waals surface area contributed by atoms with Crippen LogP contribution in [0.2, 0.25) is 0 Å². The normalized spacial score (nSPS) is 21.3. The maximum absolute atomic E-state index is 11.1. The van der Waals surface area contributed by atoms with Crippen molar-refractivity contribution in [1.82, 2.24) is 0 Å². The van der Waals surface area contributed by atoms with E-state index in [4.69, 9.17) is 6.42 Å². The fourth-order valence-electron chi connectivity index (χ4n) is 2.05. The van der Waals surface area contributed by atoms with Gasteiger partial charge in [0.2, 0.25) is 0 Å². The van der Waals surface area contributed by atoms with Gasteiger partial charge in [0, 0.05) is 0 Å². The largest absolute Gasteiger partial charge is 0.299 e. The second kappa shape index (κ2) is 4.30. The first-order chi connectivity index (χ1) is 5.75. The minimum Gasteiger partial charge on any atom is -0.299 e. The molecular formula is C11H16O. The highest BCUT2D eigenvalue weighted by Gasteiger charge is 2.24. The fourth-order valence-corrected chi connectivity index (χ4v) is 2.05. The van der Waals surface area contributed by atoms with E-state index >= 15 is 0 Å². The maximum Gasteiger partial charge on any atom is 0.145 e.